The standard InChI is InChI=1S/C24H29N3O3/c1-17-11-7-8-14-21(17)26-23(30)24(15-9-10-16-24)27(20-12-5-4-6-13-20)22(29)18(2)25-19(3)28/h4-8,11-14,18H,9-10,15-16H2,1-3H3,(H,25,28)(H,26,30)/t18-/m1/s1. The number of hydrogen-bond donors (Lipinski definition) is 2. The SMILES string of the molecule is CC(=O)N[C@H](C)C(=O)N(c1ccccc1)C1(C(=O)Nc2ccccc2C)CCCC1. The molecule has 0 saturated heterocycles. The van der Waals surface area contributed by atoms with Gasteiger partial charge in [-0.25, -0.2) is 0 Å². The monoisotopic (exact) mass is 407 g/mol. The maximum Gasteiger partial charge on any atom is 0.250 e. The van der Waals surface area contributed by atoms with Crippen molar-refractivity contribution in [3.05, 3.63) is 60.2 Å². The molecule has 0 aliphatic heterocycles. The zero-order valence-electron chi connectivity index (χ0n) is 17.8. The van der Waals surface area contributed by atoms with Gasteiger partial charge in [0.25, 0.3) is 5.91 Å². The van der Waals surface area contributed by atoms with Crippen LogP contribution in [-0.4, -0.2) is 29.3 Å². The van der Waals surface area contributed by atoms with Crippen LogP contribution in [0.25, 0.3) is 0 Å². The number of para-hydroxylation sites is 2. The lowest BCUT2D eigenvalue weighted by Gasteiger charge is -2.41. The number of rotatable bonds is 6. The summed E-state index contributed by atoms with van der Waals surface area (Å²) in [6, 6.07) is 16.1. The van der Waals surface area contributed by atoms with Crippen molar-refractivity contribution in [1.29, 1.82) is 0 Å². The van der Waals surface area contributed by atoms with E-state index in [1.807, 2.05) is 61.5 Å². The fourth-order valence-corrected chi connectivity index (χ4v) is 4.19. The van der Waals surface area contributed by atoms with Gasteiger partial charge in [-0.05, 0) is 50.5 Å². The summed E-state index contributed by atoms with van der Waals surface area (Å²) in [4.78, 5) is 40.4. The van der Waals surface area contributed by atoms with Crippen molar-refractivity contribution in [1.82, 2.24) is 5.32 Å². The first kappa shape index (κ1) is 21.6. The zero-order chi connectivity index (χ0) is 21.7. The van der Waals surface area contributed by atoms with Gasteiger partial charge in [0.05, 0.1) is 0 Å². The number of benzene rings is 2. The number of aryl methyl sites for hydroxylation is 1. The Hall–Kier alpha value is -3.15. The second-order valence-corrected chi connectivity index (χ2v) is 7.94. The van der Waals surface area contributed by atoms with Crippen molar-refractivity contribution in [2.24, 2.45) is 0 Å². The molecule has 1 fully saturated rings. The minimum atomic E-state index is -1.01. The summed E-state index contributed by atoms with van der Waals surface area (Å²) >= 11 is 0. The van der Waals surface area contributed by atoms with Gasteiger partial charge < -0.3 is 10.6 Å². The van der Waals surface area contributed by atoms with Crippen LogP contribution in [0.5, 0.6) is 0 Å². The molecule has 2 N–H and O–H groups in total. The third-order valence-corrected chi connectivity index (χ3v) is 5.70. The summed E-state index contributed by atoms with van der Waals surface area (Å²) in [5.74, 6) is -0.770. The van der Waals surface area contributed by atoms with Gasteiger partial charge in [0.1, 0.15) is 11.6 Å². The Morgan fingerprint density at radius 1 is 0.967 bits per heavy atom. The predicted molar refractivity (Wildman–Crippen MR) is 118 cm³/mol. The molecule has 1 aliphatic rings. The third kappa shape index (κ3) is 4.37. The van der Waals surface area contributed by atoms with E-state index in [-0.39, 0.29) is 17.7 Å². The van der Waals surface area contributed by atoms with Gasteiger partial charge in [-0.1, -0.05) is 49.2 Å². The molecule has 0 unspecified atom stereocenters. The Morgan fingerprint density at radius 2 is 1.57 bits per heavy atom. The smallest absolute Gasteiger partial charge is 0.250 e. The topological polar surface area (TPSA) is 78.5 Å². The lowest BCUT2D eigenvalue weighted by atomic mass is 9.91. The van der Waals surface area contributed by atoms with Crippen LogP contribution < -0.4 is 15.5 Å². The summed E-state index contributed by atoms with van der Waals surface area (Å²) in [6.07, 6.45) is 2.84. The highest BCUT2D eigenvalue weighted by molar-refractivity contribution is 6.10. The van der Waals surface area contributed by atoms with Gasteiger partial charge in [0, 0.05) is 18.3 Å². The third-order valence-electron chi connectivity index (χ3n) is 5.70. The molecule has 30 heavy (non-hydrogen) atoms. The molecule has 1 aliphatic carbocycles. The number of amides is 3. The molecule has 1 saturated carbocycles. The number of anilines is 2. The van der Waals surface area contributed by atoms with E-state index in [4.69, 9.17) is 0 Å². The number of nitrogens with zero attached hydrogens (tertiary/aromatic N) is 1. The quantitative estimate of drug-likeness (QED) is 0.764. The summed E-state index contributed by atoms with van der Waals surface area (Å²) in [6.45, 7) is 4.98. The minimum absolute atomic E-state index is 0.193. The molecule has 3 amide bonds. The van der Waals surface area contributed by atoms with E-state index < -0.39 is 11.6 Å². The normalized spacial score (nSPS) is 15.8. The van der Waals surface area contributed by atoms with Crippen molar-refractivity contribution in [3.63, 3.8) is 0 Å². The fraction of sp³-hybridized carbons (Fsp3) is 0.375. The van der Waals surface area contributed by atoms with Crippen LogP contribution in [0.15, 0.2) is 54.6 Å². The number of carbonyl (C=O) groups excluding carboxylic acids is 3. The first-order valence-electron chi connectivity index (χ1n) is 10.4. The largest absolute Gasteiger partial charge is 0.345 e. The zero-order valence-corrected chi connectivity index (χ0v) is 17.8. The molecule has 158 valence electrons. The van der Waals surface area contributed by atoms with Crippen molar-refractivity contribution in [2.45, 2.75) is 58.0 Å². The lowest BCUT2D eigenvalue weighted by molar-refractivity contribution is -0.129. The van der Waals surface area contributed by atoms with E-state index in [0.717, 1.165) is 24.1 Å². The van der Waals surface area contributed by atoms with Crippen LogP contribution in [0, 0.1) is 6.92 Å². The molecule has 6 heteroatoms. The predicted octanol–water partition coefficient (Wildman–Crippen LogP) is 3.80. The van der Waals surface area contributed by atoms with E-state index in [2.05, 4.69) is 10.6 Å². The van der Waals surface area contributed by atoms with Crippen molar-refractivity contribution in [2.75, 3.05) is 10.2 Å². The summed E-state index contributed by atoms with van der Waals surface area (Å²) in [5.41, 5.74) is 1.35. The highest BCUT2D eigenvalue weighted by Crippen LogP contribution is 2.40. The van der Waals surface area contributed by atoms with Crippen molar-refractivity contribution < 1.29 is 14.4 Å². The molecule has 2 aromatic rings. The van der Waals surface area contributed by atoms with Crippen molar-refractivity contribution >= 4 is 29.1 Å². The summed E-state index contributed by atoms with van der Waals surface area (Å²) < 4.78 is 0. The number of hydrogen-bond acceptors (Lipinski definition) is 3. The van der Waals surface area contributed by atoms with Crippen LogP contribution in [-0.2, 0) is 14.4 Å². The number of nitrogens with one attached hydrogen (secondary N) is 2. The Kier molecular flexibility index (Phi) is 6.55. The van der Waals surface area contributed by atoms with Gasteiger partial charge in [-0.3, -0.25) is 19.3 Å². The summed E-state index contributed by atoms with van der Waals surface area (Å²) in [7, 11) is 0. The van der Waals surface area contributed by atoms with E-state index in [1.54, 1.807) is 11.8 Å². The average molecular weight is 408 g/mol. The minimum Gasteiger partial charge on any atom is -0.345 e. The second-order valence-electron chi connectivity index (χ2n) is 7.94. The molecular weight excluding hydrogens is 378 g/mol. The molecule has 0 radical (unpaired) electrons. The van der Waals surface area contributed by atoms with Gasteiger partial charge >= 0.3 is 0 Å². The second kappa shape index (κ2) is 9.11. The molecular formula is C24H29N3O3. The van der Waals surface area contributed by atoms with Crippen LogP contribution in [0.3, 0.4) is 0 Å². The number of carbonyl (C=O) groups is 3. The molecule has 3 rings (SSSR count). The van der Waals surface area contributed by atoms with Crippen LogP contribution in [0.1, 0.15) is 45.1 Å². The molecule has 0 bridgehead atoms. The van der Waals surface area contributed by atoms with Gasteiger partial charge in [-0.15, -0.1) is 0 Å². The van der Waals surface area contributed by atoms with E-state index >= 15 is 0 Å². The molecule has 1 atom stereocenters. The Morgan fingerprint density at radius 3 is 2.17 bits per heavy atom. The maximum absolute atomic E-state index is 13.7. The maximum atomic E-state index is 13.7. The van der Waals surface area contributed by atoms with Crippen LogP contribution in [0.4, 0.5) is 11.4 Å². The molecule has 0 spiro atoms. The fourth-order valence-electron chi connectivity index (χ4n) is 4.19. The van der Waals surface area contributed by atoms with E-state index in [9.17, 15) is 14.4 Å². The molecule has 0 aromatic heterocycles. The molecule has 2 aromatic carbocycles. The van der Waals surface area contributed by atoms with Gasteiger partial charge in [-0.2, -0.15) is 0 Å². The Labute approximate surface area is 177 Å². The Balaban J connectivity index is 2.03. The van der Waals surface area contributed by atoms with Crippen molar-refractivity contribution in [3.8, 4) is 0 Å². The highest BCUT2D eigenvalue weighted by Gasteiger charge is 2.50. The van der Waals surface area contributed by atoms with Gasteiger partial charge in [0.2, 0.25) is 11.8 Å². The van der Waals surface area contributed by atoms with Gasteiger partial charge in [0.15, 0.2) is 0 Å². The van der Waals surface area contributed by atoms with E-state index in [1.165, 1.54) is 6.92 Å². The lowest BCUT2D eigenvalue weighted by Crippen LogP contribution is -2.61. The molecule has 6 nitrogen and oxygen atoms in total. The van der Waals surface area contributed by atoms with E-state index in [0.29, 0.717) is 18.5 Å². The first-order valence-corrected chi connectivity index (χ1v) is 10.4. The average Bonchev–Trinajstić information content (AvgIpc) is 3.21. The van der Waals surface area contributed by atoms with Crippen LogP contribution >= 0.6 is 0 Å². The Bertz CT molecular complexity index is 920. The summed E-state index contributed by atoms with van der Waals surface area (Å²) in [5, 5.41) is 5.73. The highest BCUT2D eigenvalue weighted by atomic mass is 16.2. The first-order chi connectivity index (χ1) is 14.3. The molecule has 0 heterocycles. The van der Waals surface area contributed by atoms with Crippen LogP contribution in [0.2, 0.25) is 0 Å².